The Hall–Kier alpha value is -5.59. The van der Waals surface area contributed by atoms with Gasteiger partial charge in [0.25, 0.3) is 0 Å². The number of amides is 1. The zero-order chi connectivity index (χ0) is 45.2. The SMILES string of the molecule is CC.CC.CC(=O)/C=C/CO.CS(=O)Nc1cc(C(O)CNC(C)(C)Cc2cccc(CC(=O)NCc3cccc(-c4ccc(O)cc4)c3)c2)ccc1OCc1ccccc1. The van der Waals surface area contributed by atoms with Gasteiger partial charge in [-0.25, -0.2) is 4.21 Å². The molecule has 0 aliphatic heterocycles. The molecule has 10 nitrogen and oxygen atoms in total. The first kappa shape index (κ1) is 51.6. The molecule has 0 aromatic heterocycles. The van der Waals surface area contributed by atoms with Gasteiger partial charge in [-0.2, -0.15) is 0 Å². The molecule has 5 aromatic carbocycles. The number of nitrogens with one attached hydrogen (secondary N) is 3. The molecule has 0 aliphatic rings. The Morgan fingerprint density at radius 3 is 2.07 bits per heavy atom. The van der Waals surface area contributed by atoms with Crippen molar-refractivity contribution in [3.05, 3.63) is 161 Å². The molecule has 0 saturated carbocycles. The van der Waals surface area contributed by atoms with Crippen LogP contribution in [0.3, 0.4) is 0 Å². The predicted molar refractivity (Wildman–Crippen MR) is 251 cm³/mol. The topological polar surface area (TPSA) is 157 Å². The van der Waals surface area contributed by atoms with E-state index in [1.165, 1.54) is 19.1 Å². The van der Waals surface area contributed by atoms with Crippen molar-refractivity contribution in [3.8, 4) is 22.6 Å². The molecular weight excluding hydrogens is 787 g/mol. The number of benzene rings is 5. The fourth-order valence-corrected chi connectivity index (χ4v) is 6.42. The van der Waals surface area contributed by atoms with E-state index in [2.05, 4.69) is 35.3 Å². The Balaban J connectivity index is 0.00000104. The lowest BCUT2D eigenvalue weighted by Crippen LogP contribution is -2.43. The van der Waals surface area contributed by atoms with Crippen LogP contribution in [0.25, 0.3) is 11.1 Å². The van der Waals surface area contributed by atoms with Gasteiger partial charge < -0.3 is 35.4 Å². The molecule has 0 heterocycles. The van der Waals surface area contributed by atoms with Crippen LogP contribution < -0.4 is 20.1 Å². The van der Waals surface area contributed by atoms with Crippen molar-refractivity contribution < 1.29 is 33.9 Å². The van der Waals surface area contributed by atoms with Gasteiger partial charge in [0.05, 0.1) is 24.8 Å². The molecule has 0 fully saturated rings. The Morgan fingerprint density at radius 1 is 0.787 bits per heavy atom. The number of phenols is 1. The zero-order valence-electron chi connectivity index (χ0n) is 36.9. The number of aliphatic hydroxyl groups excluding tert-OH is 2. The lowest BCUT2D eigenvalue weighted by atomic mass is 9.93. The number of hydrogen-bond acceptors (Lipinski definition) is 8. The maximum Gasteiger partial charge on any atom is 0.224 e. The normalized spacial score (nSPS) is 11.6. The van der Waals surface area contributed by atoms with Crippen LogP contribution in [0.4, 0.5) is 5.69 Å². The summed E-state index contributed by atoms with van der Waals surface area (Å²) in [5, 5.41) is 35.3. The highest BCUT2D eigenvalue weighted by Gasteiger charge is 2.21. The molecule has 0 bridgehead atoms. The van der Waals surface area contributed by atoms with E-state index in [1.807, 2.05) is 119 Å². The molecule has 0 aliphatic carbocycles. The Kier molecular flexibility index (Phi) is 23.7. The number of aromatic hydroxyl groups is 1. The van der Waals surface area contributed by atoms with Crippen LogP contribution in [0.1, 0.15) is 82.4 Å². The molecule has 6 N–H and O–H groups in total. The van der Waals surface area contributed by atoms with E-state index < -0.39 is 17.1 Å². The summed E-state index contributed by atoms with van der Waals surface area (Å²) in [6.45, 7) is 14.6. The maximum absolute atomic E-state index is 12.9. The van der Waals surface area contributed by atoms with Gasteiger partial charge in [-0.3, -0.25) is 9.59 Å². The first-order valence-corrected chi connectivity index (χ1v) is 22.2. The summed E-state index contributed by atoms with van der Waals surface area (Å²) in [5.41, 5.74) is 6.92. The minimum Gasteiger partial charge on any atom is -0.508 e. The minimum absolute atomic E-state index is 0.0333. The number of ether oxygens (including phenoxy) is 1. The summed E-state index contributed by atoms with van der Waals surface area (Å²) in [7, 11) is -1.32. The largest absolute Gasteiger partial charge is 0.508 e. The molecule has 11 heteroatoms. The zero-order valence-corrected chi connectivity index (χ0v) is 37.7. The molecule has 1 amide bonds. The summed E-state index contributed by atoms with van der Waals surface area (Å²) in [4.78, 5) is 22.9. The molecule has 61 heavy (non-hydrogen) atoms. The van der Waals surface area contributed by atoms with Gasteiger partial charge in [0.2, 0.25) is 5.91 Å². The van der Waals surface area contributed by atoms with Crippen LogP contribution >= 0.6 is 0 Å². The Labute approximate surface area is 365 Å². The first-order valence-electron chi connectivity index (χ1n) is 20.6. The van der Waals surface area contributed by atoms with E-state index in [0.717, 1.165) is 33.4 Å². The summed E-state index contributed by atoms with van der Waals surface area (Å²) >= 11 is 0. The number of hydrogen-bond donors (Lipinski definition) is 6. The van der Waals surface area contributed by atoms with Gasteiger partial charge in [-0.1, -0.05) is 125 Å². The lowest BCUT2D eigenvalue weighted by molar-refractivity contribution is -0.120. The third-order valence-corrected chi connectivity index (χ3v) is 9.24. The molecule has 2 unspecified atom stereocenters. The molecule has 5 aromatic rings. The number of anilines is 1. The summed E-state index contributed by atoms with van der Waals surface area (Å²) in [6.07, 6.45) is 4.44. The smallest absolute Gasteiger partial charge is 0.224 e. The lowest BCUT2D eigenvalue weighted by Gasteiger charge is -2.28. The summed E-state index contributed by atoms with van der Waals surface area (Å²) < 4.78 is 21.0. The van der Waals surface area contributed by atoms with Crippen molar-refractivity contribution in [3.63, 3.8) is 0 Å². The molecule has 328 valence electrons. The second-order valence-electron chi connectivity index (χ2n) is 14.3. The third kappa shape index (κ3) is 20.0. The van der Waals surface area contributed by atoms with Crippen LogP contribution in [0, 0.1) is 0 Å². The van der Waals surface area contributed by atoms with E-state index in [-0.39, 0.29) is 36.0 Å². The van der Waals surface area contributed by atoms with Crippen LogP contribution in [0.15, 0.2) is 133 Å². The van der Waals surface area contributed by atoms with E-state index in [1.54, 1.807) is 30.5 Å². The molecule has 0 radical (unpaired) electrons. The number of phenolic OH excluding ortho intramolecular Hbond substituents is 1. The number of ketones is 1. The van der Waals surface area contributed by atoms with Crippen LogP contribution in [-0.2, 0) is 46.6 Å². The molecular formula is C50H65N3O7S. The van der Waals surface area contributed by atoms with E-state index >= 15 is 0 Å². The number of rotatable bonds is 18. The van der Waals surface area contributed by atoms with Crippen molar-refractivity contribution in [1.82, 2.24) is 10.6 Å². The third-order valence-electron chi connectivity index (χ3n) is 8.73. The number of allylic oxidation sites excluding steroid dienone is 1. The monoisotopic (exact) mass is 851 g/mol. The molecule has 5 rings (SSSR count). The van der Waals surface area contributed by atoms with E-state index in [4.69, 9.17) is 9.84 Å². The maximum atomic E-state index is 12.9. The highest BCUT2D eigenvalue weighted by molar-refractivity contribution is 7.85. The van der Waals surface area contributed by atoms with Crippen LogP contribution in [0.2, 0.25) is 0 Å². The minimum atomic E-state index is -1.32. The summed E-state index contributed by atoms with van der Waals surface area (Å²) in [5.74, 6) is 0.689. The second-order valence-corrected chi connectivity index (χ2v) is 15.4. The highest BCUT2D eigenvalue weighted by Crippen LogP contribution is 2.30. The standard InChI is InChI=1S/C41H45N3O5S.C5H8O2.2C2H6/c1-41(2,43-27-38(46)35-17-20-39(37(24-35)44-50(3)48)49-28-29-9-5-4-6-10-29)25-31-12-7-11-30(21-31)23-40(47)42-26-32-13-8-14-34(22-32)33-15-18-36(45)19-16-33;1-5(7)3-2-4-6;2*1-2/h4-22,24,38,43-46H,23,25-28H2,1-3H3,(H,42,47);2-3,6H,4H2,1H3;2*1-2H3/b;3-2+;;. The number of β-amino-alcohol motifs (C(OH)–C–C–N with tert-alkyl or cyclic N) is 1. The number of aliphatic hydroxyl groups is 2. The fraction of sp³-hybridized carbons (Fsp3) is 0.320. The van der Waals surface area contributed by atoms with E-state index in [0.29, 0.717) is 43.1 Å². The van der Waals surface area contributed by atoms with E-state index in [9.17, 15) is 24.0 Å². The highest BCUT2D eigenvalue weighted by atomic mass is 32.2. The number of carbonyl (C=O) groups excluding carboxylic acids is 2. The molecule has 0 spiro atoms. The average Bonchev–Trinajstić information content (AvgIpc) is 3.26. The van der Waals surface area contributed by atoms with Gasteiger partial charge >= 0.3 is 0 Å². The van der Waals surface area contributed by atoms with Gasteiger partial charge in [-0.05, 0) is 103 Å². The Bertz CT molecular complexity index is 2100. The molecule has 2 atom stereocenters. The van der Waals surface area contributed by atoms with Gasteiger partial charge in [0, 0.05) is 24.9 Å². The second kappa shape index (κ2) is 28.0. The van der Waals surface area contributed by atoms with Crippen molar-refractivity contribution >= 4 is 28.4 Å². The van der Waals surface area contributed by atoms with Crippen molar-refractivity contribution in [2.24, 2.45) is 0 Å². The Morgan fingerprint density at radius 2 is 1.43 bits per heavy atom. The fourth-order valence-electron chi connectivity index (χ4n) is 5.95. The van der Waals surface area contributed by atoms with Crippen molar-refractivity contribution in [1.29, 1.82) is 0 Å². The van der Waals surface area contributed by atoms with Crippen molar-refractivity contribution in [2.75, 3.05) is 24.1 Å². The quantitative estimate of drug-likeness (QED) is 0.0477. The molecule has 0 saturated heterocycles. The van der Waals surface area contributed by atoms with Crippen LogP contribution in [-0.4, -0.2) is 56.2 Å². The summed E-state index contributed by atoms with van der Waals surface area (Å²) in [6, 6.07) is 38.3. The van der Waals surface area contributed by atoms with Gasteiger partial charge in [0.15, 0.2) is 5.78 Å². The van der Waals surface area contributed by atoms with Crippen LogP contribution in [0.5, 0.6) is 11.5 Å². The van der Waals surface area contributed by atoms with Gasteiger partial charge in [0.1, 0.15) is 29.1 Å². The van der Waals surface area contributed by atoms with Gasteiger partial charge in [-0.15, -0.1) is 0 Å². The van der Waals surface area contributed by atoms with Crippen molar-refractivity contribution in [2.45, 2.75) is 86.1 Å². The average molecular weight is 852 g/mol. The number of carbonyl (C=O) groups is 2. The predicted octanol–water partition coefficient (Wildman–Crippen LogP) is 9.02. The first-order chi connectivity index (χ1) is 29.3.